The van der Waals surface area contributed by atoms with Crippen LogP contribution in [0.25, 0.3) is 0 Å². The number of carbonyl (C=O) groups is 2. The highest BCUT2D eigenvalue weighted by Gasteiger charge is 2.17. The lowest BCUT2D eigenvalue weighted by Crippen LogP contribution is -2.17. The van der Waals surface area contributed by atoms with Gasteiger partial charge in [0.2, 0.25) is 0 Å². The van der Waals surface area contributed by atoms with Gasteiger partial charge in [-0.25, -0.2) is 0 Å². The van der Waals surface area contributed by atoms with Crippen LogP contribution in [0.1, 0.15) is 29.5 Å². The highest BCUT2D eigenvalue weighted by Crippen LogP contribution is 2.17. The maximum absolute atomic E-state index is 11.3. The fourth-order valence-corrected chi connectivity index (χ4v) is 3.51. The Kier molecular flexibility index (Phi) is 10.0. The third-order valence-electron chi connectivity index (χ3n) is 3.44. The predicted molar refractivity (Wildman–Crippen MR) is 98.5 cm³/mol. The van der Waals surface area contributed by atoms with Crippen LogP contribution in [-0.4, -0.2) is 26.2 Å². The Hall–Kier alpha value is -1.66. The van der Waals surface area contributed by atoms with Crippen LogP contribution in [0.15, 0.2) is 35.0 Å². The molecule has 0 saturated carbocycles. The summed E-state index contributed by atoms with van der Waals surface area (Å²) in [6.45, 7) is 2.01. The van der Waals surface area contributed by atoms with Gasteiger partial charge < -0.3 is 9.47 Å². The lowest BCUT2D eigenvalue weighted by Gasteiger charge is -2.10. The smallest absolute Gasteiger partial charge is 0.309 e. The van der Waals surface area contributed by atoms with Gasteiger partial charge in [0.1, 0.15) is 0 Å². The van der Waals surface area contributed by atoms with Crippen LogP contribution in [0.2, 0.25) is 0 Å². The van der Waals surface area contributed by atoms with Gasteiger partial charge in [-0.05, 0) is 42.2 Å². The van der Waals surface area contributed by atoms with Crippen LogP contribution in [0, 0.1) is 5.92 Å². The highest BCUT2D eigenvalue weighted by atomic mass is 32.1. The van der Waals surface area contributed by atoms with Crippen LogP contribution in [0.4, 0.5) is 0 Å². The molecule has 0 saturated heterocycles. The van der Waals surface area contributed by atoms with Gasteiger partial charge in [-0.2, -0.15) is 0 Å². The van der Waals surface area contributed by atoms with Crippen molar-refractivity contribution in [3.63, 3.8) is 0 Å². The van der Waals surface area contributed by atoms with E-state index in [1.165, 1.54) is 24.0 Å². The molecule has 0 aromatic carbocycles. The Morgan fingerprint density at radius 2 is 1.67 bits per heavy atom. The summed E-state index contributed by atoms with van der Waals surface area (Å²) in [4.78, 5) is 24.4. The summed E-state index contributed by atoms with van der Waals surface area (Å²) in [5.41, 5.74) is 0. The summed E-state index contributed by atoms with van der Waals surface area (Å²) in [6.07, 6.45) is 2.92. The molecule has 0 bridgehead atoms. The molecule has 2 aromatic heterocycles. The van der Waals surface area contributed by atoms with Gasteiger partial charge >= 0.3 is 11.9 Å². The van der Waals surface area contributed by atoms with Gasteiger partial charge in [0.15, 0.2) is 0 Å². The highest BCUT2D eigenvalue weighted by molar-refractivity contribution is 7.10. The standard InChI is InChI=1S/C10H14O2S.C8H10O2S/c1-3-8(10(11)12-2)7-9-5-4-6-13-9;1-10-8(9)5-4-7-3-2-6-11-7/h4-6,8H,3,7H2,1-2H3;2-3,6H,4-5H2,1H3. The Bertz CT molecular complexity index is 576. The molecule has 0 fully saturated rings. The van der Waals surface area contributed by atoms with Crippen LogP contribution < -0.4 is 0 Å². The first kappa shape index (κ1) is 20.4. The second-order valence-electron chi connectivity index (χ2n) is 5.07. The normalized spacial score (nSPS) is 11.1. The SMILES string of the molecule is CCC(Cc1cccs1)C(=O)OC.COC(=O)CCc1cccs1. The Balaban J connectivity index is 0.000000243. The third-order valence-corrected chi connectivity index (χ3v) is 5.27. The Morgan fingerprint density at radius 1 is 1.04 bits per heavy atom. The lowest BCUT2D eigenvalue weighted by molar-refractivity contribution is -0.145. The number of rotatable bonds is 7. The minimum absolute atomic E-state index is 0.0173. The van der Waals surface area contributed by atoms with Gasteiger partial charge in [-0.3, -0.25) is 9.59 Å². The van der Waals surface area contributed by atoms with E-state index in [1.54, 1.807) is 22.7 Å². The molecule has 0 radical (unpaired) electrons. The van der Waals surface area contributed by atoms with Crippen molar-refractivity contribution < 1.29 is 19.1 Å². The number of hydrogen-bond acceptors (Lipinski definition) is 6. The van der Waals surface area contributed by atoms with Crippen molar-refractivity contribution in [3.05, 3.63) is 44.8 Å². The molecule has 0 amide bonds. The molecule has 132 valence electrons. The van der Waals surface area contributed by atoms with E-state index >= 15 is 0 Å². The van der Waals surface area contributed by atoms with E-state index in [2.05, 4.69) is 10.8 Å². The molecule has 0 aliphatic carbocycles. The average molecular weight is 369 g/mol. The molecule has 0 N–H and O–H groups in total. The van der Waals surface area contributed by atoms with E-state index in [0.717, 1.165) is 19.3 Å². The number of methoxy groups -OCH3 is 2. The fourth-order valence-electron chi connectivity index (χ4n) is 2.01. The molecular weight excluding hydrogens is 344 g/mol. The largest absolute Gasteiger partial charge is 0.469 e. The van der Waals surface area contributed by atoms with Crippen LogP contribution in [-0.2, 0) is 31.9 Å². The Morgan fingerprint density at radius 3 is 2.12 bits per heavy atom. The van der Waals surface area contributed by atoms with Crippen LogP contribution >= 0.6 is 22.7 Å². The second-order valence-corrected chi connectivity index (χ2v) is 7.13. The van der Waals surface area contributed by atoms with E-state index in [0.29, 0.717) is 6.42 Å². The van der Waals surface area contributed by atoms with Gasteiger partial charge in [-0.15, -0.1) is 22.7 Å². The van der Waals surface area contributed by atoms with E-state index in [-0.39, 0.29) is 17.9 Å². The lowest BCUT2D eigenvalue weighted by atomic mass is 10.0. The van der Waals surface area contributed by atoms with E-state index in [9.17, 15) is 9.59 Å². The molecule has 1 atom stereocenters. The number of esters is 2. The zero-order valence-corrected chi connectivity index (χ0v) is 16.0. The average Bonchev–Trinajstić information content (AvgIpc) is 3.31. The molecule has 2 rings (SSSR count). The number of carbonyl (C=O) groups excluding carboxylic acids is 2. The van der Waals surface area contributed by atoms with Crippen molar-refractivity contribution in [3.8, 4) is 0 Å². The number of thiophene rings is 2. The minimum atomic E-state index is -0.140. The molecule has 0 aliphatic heterocycles. The summed E-state index contributed by atoms with van der Waals surface area (Å²) in [5, 5.41) is 4.03. The van der Waals surface area contributed by atoms with Gasteiger partial charge in [0.05, 0.1) is 26.6 Å². The zero-order valence-electron chi connectivity index (χ0n) is 14.3. The molecule has 1 unspecified atom stereocenters. The summed E-state index contributed by atoms with van der Waals surface area (Å²) < 4.78 is 9.23. The van der Waals surface area contributed by atoms with Crippen molar-refractivity contribution in [2.24, 2.45) is 5.92 Å². The quantitative estimate of drug-likeness (QED) is 0.682. The molecule has 4 nitrogen and oxygen atoms in total. The van der Waals surface area contributed by atoms with Crippen LogP contribution in [0.3, 0.4) is 0 Å². The fraction of sp³-hybridized carbons (Fsp3) is 0.444. The summed E-state index contributed by atoms with van der Waals surface area (Å²) in [6, 6.07) is 8.06. The monoisotopic (exact) mass is 368 g/mol. The maximum atomic E-state index is 11.3. The van der Waals surface area contributed by atoms with Crippen molar-refractivity contribution in [1.82, 2.24) is 0 Å². The first-order valence-electron chi connectivity index (χ1n) is 7.80. The van der Waals surface area contributed by atoms with Gasteiger partial charge in [0, 0.05) is 9.75 Å². The number of hydrogen-bond donors (Lipinski definition) is 0. The molecule has 0 aliphatic rings. The molecule has 0 spiro atoms. The number of ether oxygens (including phenoxy) is 2. The van der Waals surface area contributed by atoms with Crippen molar-refractivity contribution in [2.45, 2.75) is 32.6 Å². The third kappa shape index (κ3) is 7.75. The second kappa shape index (κ2) is 11.8. The zero-order chi connectivity index (χ0) is 17.8. The van der Waals surface area contributed by atoms with Gasteiger partial charge in [0.25, 0.3) is 0 Å². The molecule has 2 aromatic rings. The van der Waals surface area contributed by atoms with E-state index < -0.39 is 0 Å². The predicted octanol–water partition coefficient (Wildman–Crippen LogP) is 4.34. The molecule has 24 heavy (non-hydrogen) atoms. The van der Waals surface area contributed by atoms with Crippen LogP contribution in [0.5, 0.6) is 0 Å². The molecular formula is C18H24O4S2. The number of aryl methyl sites for hydroxylation is 1. The minimum Gasteiger partial charge on any atom is -0.469 e. The molecule has 2 heterocycles. The first-order valence-corrected chi connectivity index (χ1v) is 9.56. The summed E-state index contributed by atoms with van der Waals surface area (Å²) in [7, 11) is 2.86. The summed E-state index contributed by atoms with van der Waals surface area (Å²) in [5.74, 6) is -0.224. The van der Waals surface area contributed by atoms with Crippen molar-refractivity contribution >= 4 is 34.6 Å². The maximum Gasteiger partial charge on any atom is 0.309 e. The first-order chi connectivity index (χ1) is 11.6. The van der Waals surface area contributed by atoms with Gasteiger partial charge in [-0.1, -0.05) is 19.1 Å². The van der Waals surface area contributed by atoms with E-state index in [1.807, 2.05) is 35.9 Å². The van der Waals surface area contributed by atoms with Crippen molar-refractivity contribution in [1.29, 1.82) is 0 Å². The Labute approximate surface area is 151 Å². The van der Waals surface area contributed by atoms with E-state index in [4.69, 9.17) is 4.74 Å². The summed E-state index contributed by atoms with van der Waals surface area (Å²) >= 11 is 3.35. The topological polar surface area (TPSA) is 52.6 Å². The molecule has 6 heteroatoms. The van der Waals surface area contributed by atoms with Crippen molar-refractivity contribution in [2.75, 3.05) is 14.2 Å².